The SMILES string of the molecule is O=C(Cc1cccc2ccccc12)c1ccncn1. The predicted octanol–water partition coefficient (Wildman–Crippen LogP) is 3.06. The van der Waals surface area contributed by atoms with Crippen LogP contribution < -0.4 is 0 Å². The van der Waals surface area contributed by atoms with Crippen molar-refractivity contribution in [2.75, 3.05) is 0 Å². The molecule has 19 heavy (non-hydrogen) atoms. The number of carbonyl (C=O) groups is 1. The summed E-state index contributed by atoms with van der Waals surface area (Å²) in [6.45, 7) is 0. The number of carbonyl (C=O) groups excluding carboxylic acids is 1. The number of ketones is 1. The maximum absolute atomic E-state index is 12.2. The molecule has 1 heterocycles. The quantitative estimate of drug-likeness (QED) is 0.669. The van der Waals surface area contributed by atoms with Crippen molar-refractivity contribution in [3.05, 3.63) is 72.3 Å². The third kappa shape index (κ3) is 2.36. The van der Waals surface area contributed by atoms with Gasteiger partial charge in [0.2, 0.25) is 0 Å². The third-order valence-electron chi connectivity index (χ3n) is 3.10. The van der Waals surface area contributed by atoms with Gasteiger partial charge in [-0.05, 0) is 22.4 Å². The molecule has 1 aromatic heterocycles. The van der Waals surface area contributed by atoms with Crippen LogP contribution in [0.2, 0.25) is 0 Å². The van der Waals surface area contributed by atoms with E-state index in [4.69, 9.17) is 0 Å². The van der Waals surface area contributed by atoms with Crippen molar-refractivity contribution in [2.24, 2.45) is 0 Å². The minimum atomic E-state index is 0.0127. The maximum Gasteiger partial charge on any atom is 0.185 e. The van der Waals surface area contributed by atoms with Crippen LogP contribution in [0.5, 0.6) is 0 Å². The van der Waals surface area contributed by atoms with E-state index in [2.05, 4.69) is 9.97 Å². The van der Waals surface area contributed by atoms with Gasteiger partial charge in [-0.25, -0.2) is 9.97 Å². The van der Waals surface area contributed by atoms with Crippen molar-refractivity contribution in [1.82, 2.24) is 9.97 Å². The van der Waals surface area contributed by atoms with Crippen LogP contribution in [-0.4, -0.2) is 15.8 Å². The summed E-state index contributed by atoms with van der Waals surface area (Å²) in [6, 6.07) is 15.7. The Balaban J connectivity index is 1.96. The summed E-state index contributed by atoms with van der Waals surface area (Å²) < 4.78 is 0. The fraction of sp³-hybridized carbons (Fsp3) is 0.0625. The van der Waals surface area contributed by atoms with Crippen molar-refractivity contribution in [2.45, 2.75) is 6.42 Å². The van der Waals surface area contributed by atoms with E-state index in [-0.39, 0.29) is 5.78 Å². The van der Waals surface area contributed by atoms with Crippen LogP contribution in [-0.2, 0) is 6.42 Å². The Morgan fingerprint density at radius 1 is 1.00 bits per heavy atom. The average molecular weight is 248 g/mol. The first-order chi connectivity index (χ1) is 9.34. The number of nitrogens with zero attached hydrogens (tertiary/aromatic N) is 2. The van der Waals surface area contributed by atoms with E-state index in [1.54, 1.807) is 12.3 Å². The molecule has 0 spiro atoms. The number of rotatable bonds is 3. The van der Waals surface area contributed by atoms with E-state index in [0.717, 1.165) is 16.3 Å². The summed E-state index contributed by atoms with van der Waals surface area (Å²) in [5.41, 5.74) is 1.49. The molecule has 0 radical (unpaired) electrons. The van der Waals surface area contributed by atoms with Gasteiger partial charge in [-0.1, -0.05) is 42.5 Å². The van der Waals surface area contributed by atoms with Crippen molar-refractivity contribution in [3.8, 4) is 0 Å². The Morgan fingerprint density at radius 3 is 2.68 bits per heavy atom. The highest BCUT2D eigenvalue weighted by atomic mass is 16.1. The normalized spacial score (nSPS) is 10.5. The number of Topliss-reactive ketones (excluding diaryl/α,β-unsaturated/α-hetero) is 1. The van der Waals surface area contributed by atoms with Gasteiger partial charge >= 0.3 is 0 Å². The zero-order chi connectivity index (χ0) is 13.1. The number of benzene rings is 2. The van der Waals surface area contributed by atoms with Gasteiger partial charge in [0.1, 0.15) is 12.0 Å². The van der Waals surface area contributed by atoms with Crippen LogP contribution >= 0.6 is 0 Å². The molecule has 3 nitrogen and oxygen atoms in total. The second kappa shape index (κ2) is 4.98. The molecule has 0 aliphatic carbocycles. The van der Waals surface area contributed by atoms with Crippen molar-refractivity contribution in [1.29, 1.82) is 0 Å². The van der Waals surface area contributed by atoms with Crippen LogP contribution in [0.15, 0.2) is 61.1 Å². The van der Waals surface area contributed by atoms with Gasteiger partial charge in [0.15, 0.2) is 5.78 Å². The smallest absolute Gasteiger partial charge is 0.185 e. The first kappa shape index (κ1) is 11.5. The monoisotopic (exact) mass is 248 g/mol. The van der Waals surface area contributed by atoms with Crippen molar-refractivity contribution >= 4 is 16.6 Å². The van der Waals surface area contributed by atoms with Crippen LogP contribution in [0.1, 0.15) is 16.1 Å². The Labute approximate surface area is 111 Å². The molecular formula is C16H12N2O. The van der Waals surface area contributed by atoms with E-state index < -0.39 is 0 Å². The Hall–Kier alpha value is -2.55. The van der Waals surface area contributed by atoms with Crippen molar-refractivity contribution < 1.29 is 4.79 Å². The van der Waals surface area contributed by atoms with Gasteiger partial charge < -0.3 is 0 Å². The minimum Gasteiger partial charge on any atom is -0.292 e. The van der Waals surface area contributed by atoms with Crippen LogP contribution in [0.4, 0.5) is 0 Å². The molecule has 0 aliphatic rings. The topological polar surface area (TPSA) is 42.9 Å². The van der Waals surface area contributed by atoms with E-state index in [0.29, 0.717) is 12.1 Å². The van der Waals surface area contributed by atoms with Crippen LogP contribution in [0, 0.1) is 0 Å². The molecule has 92 valence electrons. The Kier molecular flexibility index (Phi) is 3.02. The Bertz CT molecular complexity index is 718. The van der Waals surface area contributed by atoms with Crippen LogP contribution in [0.25, 0.3) is 10.8 Å². The molecule has 0 unspecified atom stereocenters. The molecule has 2 aromatic carbocycles. The molecule has 0 saturated heterocycles. The first-order valence-electron chi connectivity index (χ1n) is 6.10. The highest BCUT2D eigenvalue weighted by molar-refractivity contribution is 5.98. The predicted molar refractivity (Wildman–Crippen MR) is 74.0 cm³/mol. The summed E-state index contributed by atoms with van der Waals surface area (Å²) in [4.78, 5) is 20.0. The fourth-order valence-corrected chi connectivity index (χ4v) is 2.17. The summed E-state index contributed by atoms with van der Waals surface area (Å²) in [6.07, 6.45) is 3.35. The number of fused-ring (bicyclic) bond motifs is 1. The summed E-state index contributed by atoms with van der Waals surface area (Å²) >= 11 is 0. The van der Waals surface area contributed by atoms with E-state index in [9.17, 15) is 4.79 Å². The van der Waals surface area contributed by atoms with Gasteiger partial charge in [-0.2, -0.15) is 0 Å². The van der Waals surface area contributed by atoms with Gasteiger partial charge in [0.25, 0.3) is 0 Å². The first-order valence-corrected chi connectivity index (χ1v) is 6.10. The molecule has 0 fully saturated rings. The standard InChI is InChI=1S/C16H12N2O/c19-16(15-8-9-17-11-18-15)10-13-6-3-5-12-4-1-2-7-14(12)13/h1-9,11H,10H2. The zero-order valence-corrected chi connectivity index (χ0v) is 10.3. The number of hydrogen-bond donors (Lipinski definition) is 0. The van der Waals surface area contributed by atoms with Crippen LogP contribution in [0.3, 0.4) is 0 Å². The van der Waals surface area contributed by atoms with Gasteiger partial charge in [-0.3, -0.25) is 4.79 Å². The lowest BCUT2D eigenvalue weighted by Gasteiger charge is -2.05. The molecule has 3 heteroatoms. The van der Waals surface area contributed by atoms with E-state index >= 15 is 0 Å². The molecular weight excluding hydrogens is 236 g/mol. The number of aromatic nitrogens is 2. The molecule has 3 aromatic rings. The summed E-state index contributed by atoms with van der Waals surface area (Å²) in [7, 11) is 0. The van der Waals surface area contributed by atoms with Gasteiger partial charge in [0, 0.05) is 12.6 Å². The lowest BCUT2D eigenvalue weighted by atomic mass is 9.99. The molecule has 0 atom stereocenters. The second-order valence-corrected chi connectivity index (χ2v) is 4.33. The fourth-order valence-electron chi connectivity index (χ4n) is 2.17. The van der Waals surface area contributed by atoms with Gasteiger partial charge in [0.05, 0.1) is 0 Å². The molecule has 3 rings (SSSR count). The molecule has 0 N–H and O–H groups in total. The van der Waals surface area contributed by atoms with Gasteiger partial charge in [-0.15, -0.1) is 0 Å². The molecule has 0 amide bonds. The molecule has 0 bridgehead atoms. The lowest BCUT2D eigenvalue weighted by Crippen LogP contribution is -2.06. The van der Waals surface area contributed by atoms with E-state index in [1.807, 2.05) is 42.5 Å². The zero-order valence-electron chi connectivity index (χ0n) is 10.3. The highest BCUT2D eigenvalue weighted by Gasteiger charge is 2.10. The van der Waals surface area contributed by atoms with Crippen molar-refractivity contribution in [3.63, 3.8) is 0 Å². The largest absolute Gasteiger partial charge is 0.292 e. The molecule has 0 aliphatic heterocycles. The molecule has 0 saturated carbocycles. The second-order valence-electron chi connectivity index (χ2n) is 4.33. The average Bonchev–Trinajstić information content (AvgIpc) is 2.48. The van der Waals surface area contributed by atoms with E-state index in [1.165, 1.54) is 6.33 Å². The number of hydrogen-bond acceptors (Lipinski definition) is 3. The summed E-state index contributed by atoms with van der Waals surface area (Å²) in [5.74, 6) is 0.0127. The minimum absolute atomic E-state index is 0.0127. The summed E-state index contributed by atoms with van der Waals surface area (Å²) in [5, 5.41) is 2.27. The Morgan fingerprint density at radius 2 is 1.84 bits per heavy atom. The highest BCUT2D eigenvalue weighted by Crippen LogP contribution is 2.19. The third-order valence-corrected chi connectivity index (χ3v) is 3.10. The lowest BCUT2D eigenvalue weighted by molar-refractivity contribution is 0.0988. The maximum atomic E-state index is 12.2.